The Morgan fingerprint density at radius 2 is 1.79 bits per heavy atom. The van der Waals surface area contributed by atoms with Crippen LogP contribution < -0.4 is 4.74 Å². The maximum atomic E-state index is 14.7. The van der Waals surface area contributed by atoms with Crippen LogP contribution in [0, 0.1) is 12.7 Å². The van der Waals surface area contributed by atoms with Crippen molar-refractivity contribution >= 4 is 17.9 Å². The van der Waals surface area contributed by atoms with Gasteiger partial charge in [-0.05, 0) is 78.6 Å². The summed E-state index contributed by atoms with van der Waals surface area (Å²) in [5, 5.41) is 0. The van der Waals surface area contributed by atoms with Crippen molar-refractivity contribution in [3.63, 3.8) is 0 Å². The van der Waals surface area contributed by atoms with E-state index >= 15 is 0 Å². The Kier molecular flexibility index (Phi) is 8.21. The summed E-state index contributed by atoms with van der Waals surface area (Å²) in [6.45, 7) is 7.31. The molecule has 1 fully saturated rings. The van der Waals surface area contributed by atoms with Gasteiger partial charge < -0.3 is 9.47 Å². The minimum Gasteiger partial charge on any atom is -0.496 e. The molecule has 0 aromatic heterocycles. The van der Waals surface area contributed by atoms with Crippen LogP contribution in [0.5, 0.6) is 5.75 Å². The number of carbonyl (C=O) groups excluding carboxylic acids is 1. The van der Waals surface area contributed by atoms with Crippen LogP contribution in [-0.2, 0) is 17.5 Å². The van der Waals surface area contributed by atoms with Gasteiger partial charge in [-0.3, -0.25) is 4.90 Å². The lowest BCUT2D eigenvalue weighted by atomic mass is 9.93. The third-order valence-electron chi connectivity index (χ3n) is 7.03. The van der Waals surface area contributed by atoms with Crippen LogP contribution in [-0.4, -0.2) is 30.4 Å². The van der Waals surface area contributed by atoms with Gasteiger partial charge in [0.05, 0.1) is 25.3 Å². The highest BCUT2D eigenvalue weighted by Crippen LogP contribution is 2.41. The quantitative estimate of drug-likeness (QED) is 0.214. The molecule has 0 N–H and O–H groups in total. The second-order valence-electron chi connectivity index (χ2n) is 10.1. The molecular weight excluding hydrogens is 530 g/mol. The highest BCUT2D eigenvalue weighted by atomic mass is 32.2. The van der Waals surface area contributed by atoms with E-state index in [2.05, 4.69) is 0 Å². The molecular formula is C30H31F4NO3S. The molecule has 2 atom stereocenters. The minimum absolute atomic E-state index is 0.0613. The predicted octanol–water partition coefficient (Wildman–Crippen LogP) is 8.76. The van der Waals surface area contributed by atoms with E-state index in [9.17, 15) is 22.4 Å². The van der Waals surface area contributed by atoms with E-state index in [1.807, 2.05) is 38.3 Å². The van der Waals surface area contributed by atoms with Crippen LogP contribution in [0.2, 0.25) is 0 Å². The summed E-state index contributed by atoms with van der Waals surface area (Å²) in [5.74, 6) is -0.0536. The van der Waals surface area contributed by atoms with E-state index in [1.54, 1.807) is 26.0 Å². The second-order valence-corrected chi connectivity index (χ2v) is 10.9. The van der Waals surface area contributed by atoms with Gasteiger partial charge in [-0.2, -0.15) is 13.2 Å². The van der Waals surface area contributed by atoms with E-state index in [0.717, 1.165) is 28.2 Å². The summed E-state index contributed by atoms with van der Waals surface area (Å²) >= 11 is 1.54. The van der Waals surface area contributed by atoms with Gasteiger partial charge in [0.1, 0.15) is 17.7 Å². The summed E-state index contributed by atoms with van der Waals surface area (Å²) in [5.41, 5.74) is 2.73. The largest absolute Gasteiger partial charge is 0.496 e. The number of methoxy groups -OCH3 is 1. The molecule has 0 aliphatic carbocycles. The van der Waals surface area contributed by atoms with Crippen molar-refractivity contribution in [3.8, 4) is 16.9 Å². The number of benzene rings is 3. The van der Waals surface area contributed by atoms with Gasteiger partial charge in [0.2, 0.25) is 0 Å². The van der Waals surface area contributed by atoms with Crippen LogP contribution in [0.25, 0.3) is 11.1 Å². The summed E-state index contributed by atoms with van der Waals surface area (Å²) in [7, 11) is 1.48. The zero-order valence-electron chi connectivity index (χ0n) is 22.7. The van der Waals surface area contributed by atoms with Gasteiger partial charge in [0.15, 0.2) is 0 Å². The highest BCUT2D eigenvalue weighted by Gasteiger charge is 2.41. The van der Waals surface area contributed by atoms with Crippen LogP contribution in [0.1, 0.15) is 60.6 Å². The number of ether oxygens (including phenoxy) is 2. The van der Waals surface area contributed by atoms with Gasteiger partial charge in [0.25, 0.3) is 0 Å². The Labute approximate surface area is 230 Å². The maximum absolute atomic E-state index is 14.7. The number of aryl methyl sites for hydroxylation is 1. The average Bonchev–Trinajstić information content (AvgIpc) is 3.15. The van der Waals surface area contributed by atoms with Crippen LogP contribution in [0.3, 0.4) is 0 Å². The molecule has 0 unspecified atom stereocenters. The number of alkyl halides is 3. The lowest BCUT2D eigenvalue weighted by Crippen LogP contribution is -2.31. The van der Waals surface area contributed by atoms with Crippen molar-refractivity contribution in [1.82, 2.24) is 4.90 Å². The van der Waals surface area contributed by atoms with Crippen molar-refractivity contribution in [1.29, 1.82) is 0 Å². The van der Waals surface area contributed by atoms with Gasteiger partial charge >= 0.3 is 12.3 Å². The summed E-state index contributed by atoms with van der Waals surface area (Å²) in [6, 6.07) is 12.2. The Bertz CT molecular complexity index is 1390. The normalized spacial score (nSPS) is 17.6. The Morgan fingerprint density at radius 1 is 1.08 bits per heavy atom. The van der Waals surface area contributed by atoms with Crippen LogP contribution in [0.15, 0.2) is 53.4 Å². The average molecular weight is 562 g/mol. The number of hydrogen-bond acceptors (Lipinski definition) is 4. The molecule has 0 bridgehead atoms. The molecule has 3 aromatic carbocycles. The highest BCUT2D eigenvalue weighted by molar-refractivity contribution is 7.98. The molecule has 0 radical (unpaired) electrons. The van der Waals surface area contributed by atoms with E-state index < -0.39 is 30.0 Å². The van der Waals surface area contributed by atoms with Crippen LogP contribution in [0.4, 0.5) is 22.4 Å². The molecule has 4 nitrogen and oxygen atoms in total. The smallest absolute Gasteiger partial charge is 0.416 e. The van der Waals surface area contributed by atoms with E-state index in [-0.39, 0.29) is 18.3 Å². The number of carbonyl (C=O) groups is 1. The fourth-order valence-corrected chi connectivity index (χ4v) is 5.43. The van der Waals surface area contributed by atoms with Gasteiger partial charge in [0, 0.05) is 16.5 Å². The van der Waals surface area contributed by atoms with E-state index in [0.29, 0.717) is 28.0 Å². The molecule has 208 valence electrons. The lowest BCUT2D eigenvalue weighted by molar-refractivity contribution is -0.137. The molecule has 3 aromatic rings. The molecule has 1 heterocycles. The molecule has 1 amide bonds. The fraction of sp³-hybridized carbons (Fsp3) is 0.367. The van der Waals surface area contributed by atoms with Crippen molar-refractivity contribution in [2.24, 2.45) is 0 Å². The number of nitrogens with zero attached hydrogens (tertiary/aromatic N) is 1. The molecule has 0 spiro atoms. The Balaban J connectivity index is 1.75. The molecule has 0 saturated carbocycles. The molecule has 39 heavy (non-hydrogen) atoms. The summed E-state index contributed by atoms with van der Waals surface area (Å²) < 4.78 is 66.3. The van der Waals surface area contributed by atoms with Crippen molar-refractivity contribution in [3.05, 3.63) is 82.2 Å². The lowest BCUT2D eigenvalue weighted by Gasteiger charge is -2.24. The molecule has 1 saturated heterocycles. The first-order chi connectivity index (χ1) is 18.3. The van der Waals surface area contributed by atoms with E-state index in [4.69, 9.17) is 9.47 Å². The number of halogens is 4. The van der Waals surface area contributed by atoms with Gasteiger partial charge in [-0.25, -0.2) is 9.18 Å². The summed E-state index contributed by atoms with van der Waals surface area (Å²) in [6.07, 6.45) is -4.05. The number of cyclic esters (lactones) is 1. The third kappa shape index (κ3) is 5.88. The number of hydrogen-bond donors (Lipinski definition) is 0. The monoisotopic (exact) mass is 561 g/mol. The summed E-state index contributed by atoms with van der Waals surface area (Å²) in [4.78, 5) is 15.5. The molecule has 9 heteroatoms. The standard InChI is InChI=1S/C30H31F4NO3S/c1-16(2)24-13-25(27(37-5)14-26(24)31)23-8-7-22(39-6)12-20(23)15-35-18(4)28(38-29(35)36)19-9-17(3)10-21(11-19)30(32,33)34/h7-14,16,18,28H,15H2,1-6H3/t18-,28-/m0/s1. The molecule has 1 aliphatic heterocycles. The van der Waals surface area contributed by atoms with Crippen molar-refractivity contribution in [2.75, 3.05) is 13.4 Å². The van der Waals surface area contributed by atoms with Gasteiger partial charge in [-0.1, -0.05) is 31.5 Å². The zero-order chi connectivity index (χ0) is 28.6. The molecule has 1 aliphatic rings. The van der Waals surface area contributed by atoms with Crippen molar-refractivity contribution in [2.45, 2.75) is 63.4 Å². The maximum Gasteiger partial charge on any atom is 0.416 e. The first-order valence-corrected chi connectivity index (χ1v) is 13.8. The Hall–Kier alpha value is -3.20. The van der Waals surface area contributed by atoms with Crippen LogP contribution >= 0.6 is 11.8 Å². The molecule has 4 rings (SSSR count). The van der Waals surface area contributed by atoms with Gasteiger partial charge in [-0.15, -0.1) is 11.8 Å². The number of rotatable bonds is 7. The SMILES string of the molecule is COc1cc(F)c(C(C)C)cc1-c1ccc(SC)cc1CN1C(=O)O[C@H](c2cc(C)cc(C(F)(F)F)c2)[C@@H]1C. The van der Waals surface area contributed by atoms with E-state index in [1.165, 1.54) is 29.8 Å². The minimum atomic E-state index is -4.51. The van der Waals surface area contributed by atoms with Crippen molar-refractivity contribution < 1.29 is 31.8 Å². The predicted molar refractivity (Wildman–Crippen MR) is 145 cm³/mol. The number of thioether (sulfide) groups is 1. The zero-order valence-corrected chi connectivity index (χ0v) is 23.5. The topological polar surface area (TPSA) is 38.8 Å². The first-order valence-electron chi connectivity index (χ1n) is 12.5. The fourth-order valence-electron chi connectivity index (χ4n) is 4.97. The third-order valence-corrected chi connectivity index (χ3v) is 7.76. The number of amides is 1. The Morgan fingerprint density at radius 3 is 2.41 bits per heavy atom. The first kappa shape index (κ1) is 28.8. The second kappa shape index (κ2) is 11.1.